The number of fused-ring (bicyclic) bond motifs is 4. The lowest BCUT2D eigenvalue weighted by atomic mass is 9.98. The molecule has 8 nitrogen and oxygen atoms in total. The van der Waals surface area contributed by atoms with Gasteiger partial charge in [0.25, 0.3) is 0 Å². The average Bonchev–Trinajstić information content (AvgIpc) is 3.52. The number of rotatable bonds is 7. The normalized spacial score (nSPS) is 21.9. The molecule has 2 amide bonds. The van der Waals surface area contributed by atoms with Crippen molar-refractivity contribution in [2.75, 3.05) is 19.7 Å². The highest BCUT2D eigenvalue weighted by molar-refractivity contribution is 5.89. The number of amides is 2. The summed E-state index contributed by atoms with van der Waals surface area (Å²) in [6.45, 7) is 2.06. The fraction of sp³-hybridized carbons (Fsp3) is 0.423. The van der Waals surface area contributed by atoms with Crippen LogP contribution in [0.1, 0.15) is 42.7 Å². The number of alkyl carbamates (subject to hydrolysis) is 1. The van der Waals surface area contributed by atoms with E-state index in [0.29, 0.717) is 6.04 Å². The first-order valence-corrected chi connectivity index (χ1v) is 11.9. The van der Waals surface area contributed by atoms with Crippen molar-refractivity contribution in [3.8, 4) is 11.1 Å². The number of hydrogen-bond acceptors (Lipinski definition) is 5. The number of hydrogen-bond donors (Lipinski definition) is 3. The number of nitrogens with zero attached hydrogens (tertiary/aromatic N) is 1. The summed E-state index contributed by atoms with van der Waals surface area (Å²) in [7, 11) is 0. The topological polar surface area (TPSA) is 108 Å². The number of carboxylic acid groups (broad SMARTS) is 1. The van der Waals surface area contributed by atoms with Gasteiger partial charge in [-0.3, -0.25) is 14.5 Å². The number of ether oxygens (including phenoxy) is 1. The molecule has 1 aliphatic carbocycles. The van der Waals surface area contributed by atoms with E-state index >= 15 is 0 Å². The van der Waals surface area contributed by atoms with Gasteiger partial charge in [-0.25, -0.2) is 4.79 Å². The van der Waals surface area contributed by atoms with Crippen LogP contribution in [0.5, 0.6) is 0 Å². The second-order valence-electron chi connectivity index (χ2n) is 9.27. The van der Waals surface area contributed by atoms with Gasteiger partial charge in [0.05, 0.1) is 6.42 Å². The Morgan fingerprint density at radius 3 is 2.35 bits per heavy atom. The molecular weight excluding hydrogens is 434 g/mol. The van der Waals surface area contributed by atoms with Crippen LogP contribution < -0.4 is 10.6 Å². The molecule has 0 spiro atoms. The summed E-state index contributed by atoms with van der Waals surface area (Å²) in [5.41, 5.74) is 4.40. The highest BCUT2D eigenvalue weighted by Gasteiger charge is 2.39. The molecule has 2 aliphatic heterocycles. The highest BCUT2D eigenvalue weighted by Crippen LogP contribution is 2.44. The lowest BCUT2D eigenvalue weighted by Crippen LogP contribution is -2.52. The smallest absolute Gasteiger partial charge is 0.407 e. The van der Waals surface area contributed by atoms with Gasteiger partial charge in [0.2, 0.25) is 5.91 Å². The van der Waals surface area contributed by atoms with E-state index in [1.54, 1.807) is 0 Å². The Kier molecular flexibility index (Phi) is 6.24. The minimum Gasteiger partial charge on any atom is -0.481 e. The monoisotopic (exact) mass is 463 g/mol. The lowest BCUT2D eigenvalue weighted by Gasteiger charge is -2.24. The Balaban J connectivity index is 1.22. The third kappa shape index (κ3) is 4.37. The van der Waals surface area contributed by atoms with Gasteiger partial charge < -0.3 is 20.5 Å². The van der Waals surface area contributed by atoms with E-state index in [0.717, 1.165) is 54.6 Å². The second kappa shape index (κ2) is 9.46. The van der Waals surface area contributed by atoms with Gasteiger partial charge in [-0.05, 0) is 48.1 Å². The van der Waals surface area contributed by atoms with E-state index in [1.165, 1.54) is 0 Å². The molecule has 0 aromatic heterocycles. The van der Waals surface area contributed by atoms with Crippen molar-refractivity contribution in [2.24, 2.45) is 0 Å². The minimum absolute atomic E-state index is 0.0180. The molecule has 0 bridgehead atoms. The first-order valence-electron chi connectivity index (χ1n) is 11.9. The fourth-order valence-corrected chi connectivity index (χ4v) is 5.70. The number of nitrogens with one attached hydrogen (secondary N) is 2. The molecule has 2 aromatic rings. The Morgan fingerprint density at radius 2 is 1.68 bits per heavy atom. The molecule has 2 heterocycles. The van der Waals surface area contributed by atoms with E-state index in [9.17, 15) is 19.5 Å². The van der Waals surface area contributed by atoms with Crippen molar-refractivity contribution in [2.45, 2.75) is 49.7 Å². The summed E-state index contributed by atoms with van der Waals surface area (Å²) in [5.74, 6) is -1.75. The maximum atomic E-state index is 12.9. The van der Waals surface area contributed by atoms with Crippen molar-refractivity contribution >= 4 is 18.0 Å². The quantitative estimate of drug-likeness (QED) is 0.583. The van der Waals surface area contributed by atoms with Crippen LogP contribution in [-0.4, -0.2) is 65.8 Å². The van der Waals surface area contributed by atoms with Gasteiger partial charge in [0, 0.05) is 24.5 Å². The van der Waals surface area contributed by atoms with Gasteiger partial charge in [-0.15, -0.1) is 0 Å². The molecule has 5 rings (SSSR count). The predicted molar refractivity (Wildman–Crippen MR) is 125 cm³/mol. The standard InChI is InChI=1S/C26H29N3O5/c30-24(31)14-22(25(32)27-21-11-13-29-12-5-10-23(21)29)28-26(33)34-15-20-18-8-3-1-6-16(18)17-7-2-4-9-19(17)20/h1-4,6-9,20-23H,5,10-15H2,(H,27,32)(H,28,33)(H,30,31). The molecule has 0 saturated carbocycles. The number of carboxylic acids is 1. The van der Waals surface area contributed by atoms with Crippen molar-refractivity contribution < 1.29 is 24.2 Å². The van der Waals surface area contributed by atoms with E-state index in [-0.39, 0.29) is 18.6 Å². The molecule has 0 radical (unpaired) electrons. The molecule has 2 aromatic carbocycles. The summed E-state index contributed by atoms with van der Waals surface area (Å²) in [6.07, 6.45) is 1.66. The maximum Gasteiger partial charge on any atom is 0.407 e. The Hall–Kier alpha value is -3.39. The number of carbonyl (C=O) groups excluding carboxylic acids is 2. The fourth-order valence-electron chi connectivity index (χ4n) is 5.70. The average molecular weight is 464 g/mol. The molecule has 178 valence electrons. The molecule has 34 heavy (non-hydrogen) atoms. The van der Waals surface area contributed by atoms with Gasteiger partial charge >= 0.3 is 12.1 Å². The van der Waals surface area contributed by atoms with Crippen molar-refractivity contribution in [1.29, 1.82) is 0 Å². The van der Waals surface area contributed by atoms with Gasteiger partial charge in [0.1, 0.15) is 12.6 Å². The molecule has 3 aliphatic rings. The van der Waals surface area contributed by atoms with Crippen LogP contribution in [0.15, 0.2) is 48.5 Å². The summed E-state index contributed by atoms with van der Waals surface area (Å²) in [5, 5.41) is 14.8. The highest BCUT2D eigenvalue weighted by atomic mass is 16.5. The first kappa shape index (κ1) is 22.4. The third-order valence-corrected chi connectivity index (χ3v) is 7.26. The van der Waals surface area contributed by atoms with Crippen LogP contribution in [-0.2, 0) is 14.3 Å². The van der Waals surface area contributed by atoms with E-state index in [4.69, 9.17) is 4.74 Å². The largest absolute Gasteiger partial charge is 0.481 e. The minimum atomic E-state index is -1.19. The summed E-state index contributed by atoms with van der Waals surface area (Å²) >= 11 is 0. The van der Waals surface area contributed by atoms with Crippen molar-refractivity contribution in [3.63, 3.8) is 0 Å². The van der Waals surface area contributed by atoms with Crippen LogP contribution in [0.2, 0.25) is 0 Å². The number of aliphatic carboxylic acids is 1. The second-order valence-corrected chi connectivity index (χ2v) is 9.27. The number of carbonyl (C=O) groups is 3. The van der Waals surface area contributed by atoms with Crippen LogP contribution >= 0.6 is 0 Å². The molecule has 3 atom stereocenters. The summed E-state index contributed by atoms with van der Waals surface area (Å²) in [6, 6.07) is 15.1. The van der Waals surface area contributed by atoms with Crippen LogP contribution in [0.4, 0.5) is 4.79 Å². The van der Waals surface area contributed by atoms with E-state index in [1.807, 2.05) is 36.4 Å². The Morgan fingerprint density at radius 1 is 1.00 bits per heavy atom. The molecule has 3 unspecified atom stereocenters. The van der Waals surface area contributed by atoms with E-state index < -0.39 is 30.4 Å². The van der Waals surface area contributed by atoms with Crippen molar-refractivity contribution in [3.05, 3.63) is 59.7 Å². The summed E-state index contributed by atoms with van der Waals surface area (Å²) < 4.78 is 5.51. The maximum absolute atomic E-state index is 12.9. The van der Waals surface area contributed by atoms with Gasteiger partial charge in [-0.2, -0.15) is 0 Å². The molecule has 8 heteroatoms. The lowest BCUT2D eigenvalue weighted by molar-refractivity contribution is -0.140. The van der Waals surface area contributed by atoms with Crippen LogP contribution in [0, 0.1) is 0 Å². The Labute approximate surface area is 198 Å². The zero-order chi connectivity index (χ0) is 23.7. The van der Waals surface area contributed by atoms with Crippen LogP contribution in [0.3, 0.4) is 0 Å². The number of benzene rings is 2. The zero-order valence-corrected chi connectivity index (χ0v) is 18.9. The third-order valence-electron chi connectivity index (χ3n) is 7.26. The molecule has 3 N–H and O–H groups in total. The van der Waals surface area contributed by atoms with E-state index in [2.05, 4.69) is 27.7 Å². The molecular formula is C26H29N3O5. The van der Waals surface area contributed by atoms with Crippen LogP contribution in [0.25, 0.3) is 11.1 Å². The van der Waals surface area contributed by atoms with Gasteiger partial charge in [0.15, 0.2) is 0 Å². The van der Waals surface area contributed by atoms with Gasteiger partial charge in [-0.1, -0.05) is 48.5 Å². The molecule has 2 saturated heterocycles. The SMILES string of the molecule is O=C(O)CC(NC(=O)OCC1c2ccccc2-c2ccccc21)C(=O)NC1CCN2CCCC12. The molecule has 2 fully saturated rings. The first-order chi connectivity index (χ1) is 16.5. The summed E-state index contributed by atoms with van der Waals surface area (Å²) in [4.78, 5) is 39.2. The van der Waals surface area contributed by atoms with Crippen molar-refractivity contribution in [1.82, 2.24) is 15.5 Å². The Bertz CT molecular complexity index is 1060. The predicted octanol–water partition coefficient (Wildman–Crippen LogP) is 2.72. The zero-order valence-electron chi connectivity index (χ0n) is 18.9.